The van der Waals surface area contributed by atoms with Crippen LogP contribution in [-0.4, -0.2) is 34.1 Å². The fourth-order valence-corrected chi connectivity index (χ4v) is 4.07. The Morgan fingerprint density at radius 1 is 0.929 bits per heavy atom. The van der Waals surface area contributed by atoms with Crippen LogP contribution in [0, 0.1) is 0 Å². The van der Waals surface area contributed by atoms with Crippen molar-refractivity contribution in [1.29, 1.82) is 0 Å². The van der Waals surface area contributed by atoms with Gasteiger partial charge in [0.1, 0.15) is 11.5 Å². The van der Waals surface area contributed by atoms with Crippen LogP contribution in [0.1, 0.15) is 37.3 Å². The van der Waals surface area contributed by atoms with Crippen LogP contribution in [0.4, 0.5) is 0 Å². The number of phenols is 2. The van der Waals surface area contributed by atoms with E-state index < -0.39 is 0 Å². The molecule has 1 aliphatic heterocycles. The average Bonchev–Trinajstić information content (AvgIpc) is 2.71. The minimum Gasteiger partial charge on any atom is -0.507 e. The SMILES string of the molecule is C/C=C/c1cc(Sc2ccc(O)c(/C=C/C(=O)N3CCCCC3)c2)ccc1O. The van der Waals surface area contributed by atoms with Gasteiger partial charge in [0.2, 0.25) is 5.91 Å². The van der Waals surface area contributed by atoms with Crippen LogP contribution in [0.3, 0.4) is 0 Å². The van der Waals surface area contributed by atoms with Crippen molar-refractivity contribution in [1.82, 2.24) is 4.90 Å². The zero-order chi connectivity index (χ0) is 19.9. The average molecular weight is 396 g/mol. The molecule has 28 heavy (non-hydrogen) atoms. The number of carbonyl (C=O) groups excluding carboxylic acids is 1. The van der Waals surface area contributed by atoms with Crippen LogP contribution >= 0.6 is 11.8 Å². The van der Waals surface area contributed by atoms with Crippen LogP contribution < -0.4 is 0 Å². The summed E-state index contributed by atoms with van der Waals surface area (Å²) < 4.78 is 0. The van der Waals surface area contributed by atoms with E-state index in [1.54, 1.807) is 24.3 Å². The first-order valence-corrected chi connectivity index (χ1v) is 10.3. The van der Waals surface area contributed by atoms with Crippen molar-refractivity contribution >= 4 is 29.8 Å². The summed E-state index contributed by atoms with van der Waals surface area (Å²) in [5, 5.41) is 20.1. The third-order valence-corrected chi connectivity index (χ3v) is 5.63. The van der Waals surface area contributed by atoms with E-state index in [9.17, 15) is 15.0 Å². The van der Waals surface area contributed by atoms with Gasteiger partial charge in [0.25, 0.3) is 0 Å². The summed E-state index contributed by atoms with van der Waals surface area (Å²) in [4.78, 5) is 16.1. The Balaban J connectivity index is 1.75. The monoisotopic (exact) mass is 395 g/mol. The van der Waals surface area contributed by atoms with E-state index in [-0.39, 0.29) is 17.4 Å². The Kier molecular flexibility index (Phi) is 6.82. The van der Waals surface area contributed by atoms with Gasteiger partial charge in [-0.15, -0.1) is 0 Å². The third-order valence-electron chi connectivity index (χ3n) is 4.65. The number of allylic oxidation sites excluding steroid dienone is 1. The van der Waals surface area contributed by atoms with Gasteiger partial charge in [0, 0.05) is 40.1 Å². The minimum absolute atomic E-state index is 0.00770. The molecule has 0 atom stereocenters. The van der Waals surface area contributed by atoms with Gasteiger partial charge in [0.05, 0.1) is 0 Å². The van der Waals surface area contributed by atoms with Gasteiger partial charge < -0.3 is 15.1 Å². The summed E-state index contributed by atoms with van der Waals surface area (Å²) in [5.41, 5.74) is 1.38. The van der Waals surface area contributed by atoms with E-state index in [0.29, 0.717) is 5.56 Å². The quantitative estimate of drug-likeness (QED) is 0.674. The Morgan fingerprint density at radius 3 is 2.07 bits per heavy atom. The second kappa shape index (κ2) is 9.51. The zero-order valence-electron chi connectivity index (χ0n) is 16.0. The molecule has 0 saturated carbocycles. The minimum atomic E-state index is -0.00770. The summed E-state index contributed by atoms with van der Waals surface area (Å²) in [6.07, 6.45) is 10.2. The van der Waals surface area contributed by atoms with Crippen molar-refractivity contribution in [3.8, 4) is 11.5 Å². The molecule has 2 aromatic rings. The largest absolute Gasteiger partial charge is 0.507 e. The molecular formula is C23H25NO3S. The fraction of sp³-hybridized carbons (Fsp3) is 0.261. The molecule has 0 aliphatic carbocycles. The molecule has 0 unspecified atom stereocenters. The molecule has 0 spiro atoms. The van der Waals surface area contributed by atoms with Gasteiger partial charge in [-0.3, -0.25) is 4.79 Å². The maximum absolute atomic E-state index is 12.3. The molecule has 2 N–H and O–H groups in total. The molecule has 1 amide bonds. The predicted octanol–water partition coefficient (Wildman–Crippen LogP) is 5.31. The van der Waals surface area contributed by atoms with Gasteiger partial charge in [-0.1, -0.05) is 23.9 Å². The number of amides is 1. The number of nitrogens with zero attached hydrogens (tertiary/aromatic N) is 1. The van der Waals surface area contributed by atoms with Gasteiger partial charge in [-0.05, 0) is 68.7 Å². The van der Waals surface area contributed by atoms with Crippen molar-refractivity contribution in [3.05, 3.63) is 59.7 Å². The summed E-state index contributed by atoms with van der Waals surface area (Å²) in [6.45, 7) is 3.52. The van der Waals surface area contributed by atoms with Gasteiger partial charge in [-0.2, -0.15) is 0 Å². The highest BCUT2D eigenvalue weighted by Crippen LogP contribution is 2.34. The van der Waals surface area contributed by atoms with Crippen molar-refractivity contribution in [2.75, 3.05) is 13.1 Å². The fourth-order valence-electron chi connectivity index (χ4n) is 3.16. The number of piperidine rings is 1. The Morgan fingerprint density at radius 2 is 1.50 bits per heavy atom. The van der Waals surface area contributed by atoms with Crippen molar-refractivity contribution in [3.63, 3.8) is 0 Å². The lowest BCUT2D eigenvalue weighted by atomic mass is 10.1. The topological polar surface area (TPSA) is 60.8 Å². The lowest BCUT2D eigenvalue weighted by Gasteiger charge is -2.25. The molecular weight excluding hydrogens is 370 g/mol. The van der Waals surface area contributed by atoms with Crippen LogP contribution in [0.25, 0.3) is 12.2 Å². The summed E-state index contributed by atoms with van der Waals surface area (Å²) in [7, 11) is 0. The Bertz CT molecular complexity index is 899. The van der Waals surface area contributed by atoms with E-state index in [4.69, 9.17) is 0 Å². The molecule has 3 rings (SSSR count). The number of likely N-dealkylation sites (tertiary alicyclic amines) is 1. The first-order valence-electron chi connectivity index (χ1n) is 9.50. The maximum atomic E-state index is 12.3. The number of aromatic hydroxyl groups is 2. The van der Waals surface area contributed by atoms with E-state index in [2.05, 4.69) is 0 Å². The number of phenolic OH excluding ortho intramolecular Hbond substituents is 2. The molecule has 146 valence electrons. The Labute approximate surface area is 170 Å². The van der Waals surface area contributed by atoms with E-state index in [0.717, 1.165) is 41.3 Å². The van der Waals surface area contributed by atoms with Crippen LogP contribution in [0.15, 0.2) is 58.3 Å². The normalized spacial score (nSPS) is 14.8. The highest BCUT2D eigenvalue weighted by Gasteiger charge is 2.14. The van der Waals surface area contributed by atoms with Crippen LogP contribution in [-0.2, 0) is 4.79 Å². The van der Waals surface area contributed by atoms with E-state index in [1.165, 1.54) is 18.2 Å². The van der Waals surface area contributed by atoms with Gasteiger partial charge in [-0.25, -0.2) is 0 Å². The second-order valence-electron chi connectivity index (χ2n) is 6.76. The highest BCUT2D eigenvalue weighted by molar-refractivity contribution is 7.99. The number of hydrogen-bond donors (Lipinski definition) is 2. The number of benzene rings is 2. The first kappa shape index (κ1) is 20.1. The van der Waals surface area contributed by atoms with E-state index in [1.807, 2.05) is 48.2 Å². The molecule has 1 fully saturated rings. The number of hydrogen-bond acceptors (Lipinski definition) is 4. The third kappa shape index (κ3) is 5.20. The molecule has 4 nitrogen and oxygen atoms in total. The predicted molar refractivity (Wildman–Crippen MR) is 115 cm³/mol. The van der Waals surface area contributed by atoms with Gasteiger partial charge in [0.15, 0.2) is 0 Å². The molecule has 5 heteroatoms. The zero-order valence-corrected chi connectivity index (χ0v) is 16.8. The summed E-state index contributed by atoms with van der Waals surface area (Å²) >= 11 is 1.54. The van der Waals surface area contributed by atoms with Crippen molar-refractivity contribution < 1.29 is 15.0 Å². The smallest absolute Gasteiger partial charge is 0.246 e. The molecule has 2 aromatic carbocycles. The maximum Gasteiger partial charge on any atom is 0.246 e. The Hall–Kier alpha value is -2.66. The van der Waals surface area contributed by atoms with Crippen LogP contribution in [0.5, 0.6) is 11.5 Å². The summed E-state index contributed by atoms with van der Waals surface area (Å²) in [6, 6.07) is 10.8. The number of carbonyl (C=O) groups is 1. The summed E-state index contributed by atoms with van der Waals surface area (Å²) in [5.74, 6) is 0.382. The molecule has 1 saturated heterocycles. The van der Waals surface area contributed by atoms with E-state index >= 15 is 0 Å². The second-order valence-corrected chi connectivity index (χ2v) is 7.91. The molecule has 0 radical (unpaired) electrons. The molecule has 0 aromatic heterocycles. The molecule has 1 aliphatic rings. The first-order chi connectivity index (χ1) is 13.6. The van der Waals surface area contributed by atoms with Crippen molar-refractivity contribution in [2.24, 2.45) is 0 Å². The molecule has 1 heterocycles. The van der Waals surface area contributed by atoms with Gasteiger partial charge >= 0.3 is 0 Å². The standard InChI is InChI=1S/C23H25NO3S/c1-2-6-17-15-19(8-10-21(17)25)28-20-9-11-22(26)18(16-20)7-12-23(27)24-13-4-3-5-14-24/h2,6-12,15-16,25-26H,3-5,13-14H2,1H3/b6-2+,12-7+. The van der Waals surface area contributed by atoms with Crippen LogP contribution in [0.2, 0.25) is 0 Å². The lowest BCUT2D eigenvalue weighted by molar-refractivity contribution is -0.126. The molecule has 0 bridgehead atoms. The lowest BCUT2D eigenvalue weighted by Crippen LogP contribution is -2.34. The van der Waals surface area contributed by atoms with Crippen molar-refractivity contribution in [2.45, 2.75) is 36.0 Å². The highest BCUT2D eigenvalue weighted by atomic mass is 32.2. The number of rotatable bonds is 5.